The van der Waals surface area contributed by atoms with Crippen LogP contribution in [0, 0.1) is 11.3 Å². The van der Waals surface area contributed by atoms with E-state index in [1.165, 1.54) is 24.3 Å². The summed E-state index contributed by atoms with van der Waals surface area (Å²) in [6.07, 6.45) is -3.83. The number of ether oxygens (including phenoxy) is 1. The number of halogens is 4. The number of piperazine rings is 1. The van der Waals surface area contributed by atoms with Crippen LogP contribution in [0.3, 0.4) is 0 Å². The topological polar surface area (TPSA) is 85.7 Å². The van der Waals surface area contributed by atoms with Crippen LogP contribution in [0.25, 0.3) is 0 Å². The van der Waals surface area contributed by atoms with Crippen molar-refractivity contribution in [1.82, 2.24) is 9.80 Å². The van der Waals surface area contributed by atoms with Crippen molar-refractivity contribution in [3.8, 4) is 6.07 Å². The molecule has 0 saturated carbocycles. The first-order valence-corrected chi connectivity index (χ1v) is 8.40. The third-order valence-electron chi connectivity index (χ3n) is 3.95. The molecule has 1 fully saturated rings. The van der Waals surface area contributed by atoms with Crippen LogP contribution >= 0.6 is 11.6 Å². The normalized spacial score (nSPS) is 15.1. The second kappa shape index (κ2) is 8.84. The van der Waals surface area contributed by atoms with Crippen LogP contribution in [0.2, 0.25) is 5.02 Å². The van der Waals surface area contributed by atoms with E-state index >= 15 is 0 Å². The summed E-state index contributed by atoms with van der Waals surface area (Å²) in [6.45, 7) is 1.42. The van der Waals surface area contributed by atoms with E-state index in [9.17, 15) is 28.0 Å². The first kappa shape index (κ1) is 21.4. The molecule has 0 atom stereocenters. The molecule has 2 rings (SSSR count). The highest BCUT2D eigenvalue weighted by atomic mass is 35.5. The molecule has 0 aliphatic carbocycles. The van der Waals surface area contributed by atoms with Gasteiger partial charge in [-0.15, -0.1) is 0 Å². The Kier molecular flexibility index (Phi) is 6.75. The van der Waals surface area contributed by atoms with E-state index in [0.717, 1.165) is 6.07 Å². The predicted octanol–water partition coefficient (Wildman–Crippen LogP) is 3.09. The van der Waals surface area contributed by atoms with Gasteiger partial charge in [0.15, 0.2) is 0 Å². The summed E-state index contributed by atoms with van der Waals surface area (Å²) in [5.41, 5.74) is -1.51. The van der Waals surface area contributed by atoms with E-state index < -0.39 is 28.8 Å². The van der Waals surface area contributed by atoms with Gasteiger partial charge in [0.05, 0.1) is 17.7 Å². The van der Waals surface area contributed by atoms with Crippen molar-refractivity contribution in [3.05, 3.63) is 40.6 Å². The van der Waals surface area contributed by atoms with Crippen molar-refractivity contribution in [2.75, 3.05) is 38.6 Å². The Morgan fingerprint density at radius 2 is 1.93 bits per heavy atom. The van der Waals surface area contributed by atoms with Gasteiger partial charge in [-0.3, -0.25) is 4.79 Å². The molecule has 1 N–H and O–H groups in total. The lowest BCUT2D eigenvalue weighted by Gasteiger charge is -2.33. The lowest BCUT2D eigenvalue weighted by atomic mass is 10.2. The maximum absolute atomic E-state index is 12.9. The molecule has 0 radical (unpaired) electrons. The van der Waals surface area contributed by atoms with Crippen molar-refractivity contribution in [2.45, 2.75) is 6.18 Å². The van der Waals surface area contributed by atoms with Gasteiger partial charge in [0.25, 0.3) is 5.91 Å². The molecule has 1 aromatic rings. The van der Waals surface area contributed by atoms with Crippen LogP contribution in [0.15, 0.2) is 30.0 Å². The lowest BCUT2D eigenvalue weighted by molar-refractivity contribution is -0.137. The number of nitrogens with one attached hydrogen (secondary N) is 1. The number of anilines is 1. The zero-order chi connectivity index (χ0) is 20.9. The average Bonchev–Trinajstić information content (AvgIpc) is 2.66. The van der Waals surface area contributed by atoms with E-state index in [0.29, 0.717) is 32.2 Å². The molecular formula is C17H16ClF3N4O3. The zero-order valence-electron chi connectivity index (χ0n) is 14.7. The van der Waals surface area contributed by atoms with Gasteiger partial charge < -0.3 is 19.9 Å². The fraction of sp³-hybridized carbons (Fsp3) is 0.353. The maximum atomic E-state index is 12.9. The molecule has 1 aliphatic heterocycles. The fourth-order valence-corrected chi connectivity index (χ4v) is 2.73. The monoisotopic (exact) mass is 416 g/mol. The summed E-state index contributed by atoms with van der Waals surface area (Å²) in [4.78, 5) is 26.8. The van der Waals surface area contributed by atoms with E-state index in [1.807, 2.05) is 0 Å². The minimum atomic E-state index is -4.68. The molecule has 0 aromatic heterocycles. The first-order chi connectivity index (χ1) is 13.2. The number of rotatable bonds is 3. The number of amides is 2. The minimum absolute atomic E-state index is 0.140. The summed E-state index contributed by atoms with van der Waals surface area (Å²) < 4.78 is 43.3. The Hall–Kier alpha value is -2.93. The van der Waals surface area contributed by atoms with Crippen LogP contribution in [0.5, 0.6) is 0 Å². The fourth-order valence-electron chi connectivity index (χ4n) is 2.50. The van der Waals surface area contributed by atoms with E-state index in [-0.39, 0.29) is 11.3 Å². The second-order valence-corrected chi connectivity index (χ2v) is 6.20. The molecule has 150 valence electrons. The molecule has 28 heavy (non-hydrogen) atoms. The van der Waals surface area contributed by atoms with Crippen LogP contribution in [0.4, 0.5) is 23.7 Å². The largest absolute Gasteiger partial charge is 0.453 e. The van der Waals surface area contributed by atoms with Gasteiger partial charge in [-0.2, -0.15) is 18.4 Å². The molecule has 0 bridgehead atoms. The average molecular weight is 417 g/mol. The van der Waals surface area contributed by atoms with Gasteiger partial charge in [0.2, 0.25) is 0 Å². The van der Waals surface area contributed by atoms with E-state index in [4.69, 9.17) is 11.6 Å². The number of methoxy groups -OCH3 is 1. The van der Waals surface area contributed by atoms with Gasteiger partial charge in [-0.1, -0.05) is 11.6 Å². The Morgan fingerprint density at radius 3 is 2.46 bits per heavy atom. The quantitative estimate of drug-likeness (QED) is 0.604. The number of benzene rings is 1. The Morgan fingerprint density at radius 1 is 1.29 bits per heavy atom. The van der Waals surface area contributed by atoms with Crippen LogP contribution in [0.1, 0.15) is 5.56 Å². The van der Waals surface area contributed by atoms with Crippen molar-refractivity contribution >= 4 is 29.3 Å². The van der Waals surface area contributed by atoms with Gasteiger partial charge in [0.1, 0.15) is 11.6 Å². The molecular weight excluding hydrogens is 401 g/mol. The second-order valence-electron chi connectivity index (χ2n) is 5.79. The number of carbonyl (C=O) groups excluding carboxylic acids is 2. The highest BCUT2D eigenvalue weighted by Gasteiger charge is 2.33. The summed E-state index contributed by atoms with van der Waals surface area (Å²) in [7, 11) is 1.27. The number of nitrogens with zero attached hydrogens (tertiary/aromatic N) is 3. The van der Waals surface area contributed by atoms with Crippen molar-refractivity contribution in [3.63, 3.8) is 0 Å². The molecule has 1 aromatic carbocycles. The van der Waals surface area contributed by atoms with E-state index in [1.54, 1.807) is 11.0 Å². The molecule has 7 nitrogen and oxygen atoms in total. The third kappa shape index (κ3) is 5.29. The third-order valence-corrected chi connectivity index (χ3v) is 4.28. The van der Waals surface area contributed by atoms with Crippen molar-refractivity contribution in [1.29, 1.82) is 5.26 Å². The highest BCUT2D eigenvalue weighted by Crippen LogP contribution is 2.36. The molecule has 1 saturated heterocycles. The Bertz CT molecular complexity index is 828. The summed E-state index contributed by atoms with van der Waals surface area (Å²) in [5, 5.41) is 11.0. The lowest BCUT2D eigenvalue weighted by Crippen LogP contribution is -2.47. The number of alkyl halides is 3. The van der Waals surface area contributed by atoms with Crippen molar-refractivity contribution < 1.29 is 27.5 Å². The standard InChI is InChI=1S/C17H16ClF3N4O3/c1-28-16(27)25-6-4-24(5-7-25)10-11(9-22)15(26)23-12-2-3-14(18)13(8-12)17(19,20)21/h2-3,8,10H,4-7H2,1H3,(H,23,26)/b11-10-. The molecule has 1 aliphatic rings. The summed E-state index contributed by atoms with van der Waals surface area (Å²) in [6, 6.07) is 4.65. The zero-order valence-corrected chi connectivity index (χ0v) is 15.5. The van der Waals surface area contributed by atoms with Gasteiger partial charge in [-0.25, -0.2) is 4.79 Å². The molecule has 11 heteroatoms. The SMILES string of the molecule is COC(=O)N1CCN(/C=C(/C#N)C(=O)Nc2ccc(Cl)c(C(F)(F)F)c2)CC1. The Labute approximate surface area is 163 Å². The van der Waals surface area contributed by atoms with Gasteiger partial charge in [-0.05, 0) is 18.2 Å². The number of carbonyl (C=O) groups is 2. The predicted molar refractivity (Wildman–Crippen MR) is 94.3 cm³/mol. The van der Waals surface area contributed by atoms with Crippen LogP contribution in [-0.4, -0.2) is 55.1 Å². The van der Waals surface area contributed by atoms with Crippen LogP contribution < -0.4 is 5.32 Å². The summed E-state index contributed by atoms with van der Waals surface area (Å²) >= 11 is 5.54. The molecule has 1 heterocycles. The summed E-state index contributed by atoms with van der Waals surface area (Å²) in [5.74, 6) is -0.853. The van der Waals surface area contributed by atoms with Crippen molar-refractivity contribution in [2.24, 2.45) is 0 Å². The van der Waals surface area contributed by atoms with Gasteiger partial charge in [0, 0.05) is 38.1 Å². The maximum Gasteiger partial charge on any atom is 0.417 e. The van der Waals surface area contributed by atoms with Crippen LogP contribution in [-0.2, 0) is 15.7 Å². The number of hydrogen-bond donors (Lipinski definition) is 1. The molecule has 0 spiro atoms. The smallest absolute Gasteiger partial charge is 0.417 e. The Balaban J connectivity index is 2.08. The molecule has 0 unspecified atom stereocenters. The highest BCUT2D eigenvalue weighted by molar-refractivity contribution is 6.31. The molecule has 2 amide bonds. The number of hydrogen-bond acceptors (Lipinski definition) is 5. The number of nitriles is 1. The van der Waals surface area contributed by atoms with Gasteiger partial charge >= 0.3 is 12.3 Å². The minimum Gasteiger partial charge on any atom is -0.453 e. The first-order valence-electron chi connectivity index (χ1n) is 8.02. The van der Waals surface area contributed by atoms with E-state index in [2.05, 4.69) is 10.1 Å².